The Labute approximate surface area is 91.9 Å². The van der Waals surface area contributed by atoms with Gasteiger partial charge in [-0.1, -0.05) is 13.8 Å². The second-order valence-electron chi connectivity index (χ2n) is 3.31. The van der Waals surface area contributed by atoms with E-state index in [1.807, 2.05) is 19.9 Å². The molecular weight excluding hydrogens is 248 g/mol. The van der Waals surface area contributed by atoms with Gasteiger partial charge in [-0.15, -0.1) is 11.3 Å². The van der Waals surface area contributed by atoms with Crippen LogP contribution in [-0.2, 0) is 6.42 Å². The van der Waals surface area contributed by atoms with Crippen molar-refractivity contribution in [2.24, 2.45) is 0 Å². The van der Waals surface area contributed by atoms with Crippen molar-refractivity contribution in [3.8, 4) is 0 Å². The molecule has 0 spiro atoms. The van der Waals surface area contributed by atoms with E-state index in [0.717, 1.165) is 23.0 Å². The molecule has 0 aromatic carbocycles. The Bertz CT molecular complexity index is 266. The summed E-state index contributed by atoms with van der Waals surface area (Å²) in [6.45, 7) is 4.07. The Hall–Kier alpha value is 0.140. The standard InChI is InChI=1S/C10H15BrOS/c1-3-10(12,4-2)7-8-5-6-9(11)13-8/h5-6,12H,3-4,7H2,1-2H3. The molecule has 3 heteroatoms. The first kappa shape index (κ1) is 11.2. The summed E-state index contributed by atoms with van der Waals surface area (Å²) in [6.07, 6.45) is 2.41. The van der Waals surface area contributed by atoms with Crippen LogP contribution in [0.25, 0.3) is 0 Å². The number of hydrogen-bond acceptors (Lipinski definition) is 2. The first-order valence-electron chi connectivity index (χ1n) is 4.56. The molecule has 0 radical (unpaired) electrons. The lowest BCUT2D eigenvalue weighted by molar-refractivity contribution is 0.0334. The molecule has 0 bridgehead atoms. The van der Waals surface area contributed by atoms with Crippen molar-refractivity contribution >= 4 is 27.3 Å². The van der Waals surface area contributed by atoms with Crippen molar-refractivity contribution in [2.75, 3.05) is 0 Å². The molecule has 1 aromatic rings. The van der Waals surface area contributed by atoms with E-state index in [9.17, 15) is 5.11 Å². The number of rotatable bonds is 4. The minimum absolute atomic E-state index is 0.510. The zero-order valence-corrected chi connectivity index (χ0v) is 10.4. The van der Waals surface area contributed by atoms with Crippen LogP contribution < -0.4 is 0 Å². The van der Waals surface area contributed by atoms with E-state index >= 15 is 0 Å². The lowest BCUT2D eigenvalue weighted by Crippen LogP contribution is -2.28. The fourth-order valence-corrected chi connectivity index (χ4v) is 2.89. The van der Waals surface area contributed by atoms with Crippen LogP contribution in [0.2, 0.25) is 0 Å². The quantitative estimate of drug-likeness (QED) is 0.879. The second kappa shape index (κ2) is 4.58. The fourth-order valence-electron chi connectivity index (χ4n) is 1.27. The first-order valence-corrected chi connectivity index (χ1v) is 6.17. The molecule has 1 nitrogen and oxygen atoms in total. The molecule has 1 aromatic heterocycles. The van der Waals surface area contributed by atoms with Gasteiger partial charge in [-0.05, 0) is 40.9 Å². The molecule has 0 amide bonds. The molecule has 0 saturated carbocycles. The molecule has 13 heavy (non-hydrogen) atoms. The van der Waals surface area contributed by atoms with Gasteiger partial charge >= 0.3 is 0 Å². The summed E-state index contributed by atoms with van der Waals surface area (Å²) in [5.41, 5.74) is -0.510. The van der Waals surface area contributed by atoms with E-state index in [1.165, 1.54) is 4.88 Å². The second-order valence-corrected chi connectivity index (χ2v) is 5.86. The summed E-state index contributed by atoms with van der Waals surface area (Å²) in [7, 11) is 0. The molecule has 0 saturated heterocycles. The third kappa shape index (κ3) is 3.08. The monoisotopic (exact) mass is 262 g/mol. The smallest absolute Gasteiger partial charge is 0.0701 e. The Morgan fingerprint density at radius 1 is 1.38 bits per heavy atom. The Balaban J connectivity index is 2.67. The zero-order valence-electron chi connectivity index (χ0n) is 8.01. The summed E-state index contributed by atoms with van der Waals surface area (Å²) < 4.78 is 1.14. The molecule has 0 fully saturated rings. The lowest BCUT2D eigenvalue weighted by Gasteiger charge is -2.24. The van der Waals surface area contributed by atoms with Crippen molar-refractivity contribution in [1.82, 2.24) is 0 Å². The highest BCUT2D eigenvalue weighted by Gasteiger charge is 2.23. The number of aliphatic hydroxyl groups is 1. The first-order chi connectivity index (χ1) is 6.09. The van der Waals surface area contributed by atoms with Crippen LogP contribution in [0.1, 0.15) is 31.6 Å². The predicted octanol–water partition coefficient (Wildman–Crippen LogP) is 3.60. The number of thiophene rings is 1. The summed E-state index contributed by atoms with van der Waals surface area (Å²) in [5, 5.41) is 10.1. The molecule has 1 N–H and O–H groups in total. The van der Waals surface area contributed by atoms with Gasteiger partial charge in [-0.25, -0.2) is 0 Å². The van der Waals surface area contributed by atoms with Crippen LogP contribution in [0.5, 0.6) is 0 Å². The summed E-state index contributed by atoms with van der Waals surface area (Å²) in [6, 6.07) is 4.11. The maximum Gasteiger partial charge on any atom is 0.0701 e. The highest BCUT2D eigenvalue weighted by atomic mass is 79.9. The van der Waals surface area contributed by atoms with Gasteiger partial charge in [0, 0.05) is 11.3 Å². The Morgan fingerprint density at radius 2 is 2.00 bits per heavy atom. The minimum atomic E-state index is -0.510. The molecule has 1 rings (SSSR count). The van der Waals surface area contributed by atoms with E-state index in [0.29, 0.717) is 0 Å². The normalized spacial score (nSPS) is 12.0. The minimum Gasteiger partial charge on any atom is -0.390 e. The van der Waals surface area contributed by atoms with Crippen LogP contribution in [0.15, 0.2) is 15.9 Å². The van der Waals surface area contributed by atoms with Gasteiger partial charge in [-0.2, -0.15) is 0 Å². The molecule has 0 aliphatic carbocycles. The van der Waals surface area contributed by atoms with Gasteiger partial charge < -0.3 is 5.11 Å². The maximum atomic E-state index is 10.1. The van der Waals surface area contributed by atoms with Crippen molar-refractivity contribution in [1.29, 1.82) is 0 Å². The van der Waals surface area contributed by atoms with Gasteiger partial charge in [0.1, 0.15) is 0 Å². The highest BCUT2D eigenvalue weighted by molar-refractivity contribution is 9.11. The topological polar surface area (TPSA) is 20.2 Å². The van der Waals surface area contributed by atoms with Crippen LogP contribution in [0.4, 0.5) is 0 Å². The fraction of sp³-hybridized carbons (Fsp3) is 0.600. The SMILES string of the molecule is CCC(O)(CC)Cc1ccc(Br)s1. The summed E-state index contributed by atoms with van der Waals surface area (Å²) >= 11 is 5.12. The Morgan fingerprint density at radius 3 is 2.38 bits per heavy atom. The van der Waals surface area contributed by atoms with Crippen LogP contribution in [0.3, 0.4) is 0 Å². The van der Waals surface area contributed by atoms with Crippen molar-refractivity contribution < 1.29 is 5.11 Å². The van der Waals surface area contributed by atoms with Crippen LogP contribution in [-0.4, -0.2) is 10.7 Å². The molecule has 0 aliphatic heterocycles. The van der Waals surface area contributed by atoms with Crippen molar-refractivity contribution in [2.45, 2.75) is 38.7 Å². The average molecular weight is 263 g/mol. The molecular formula is C10H15BrOS. The Kier molecular flexibility index (Phi) is 3.95. The molecule has 0 atom stereocenters. The average Bonchev–Trinajstić information content (AvgIpc) is 2.51. The van der Waals surface area contributed by atoms with Crippen LogP contribution >= 0.6 is 27.3 Å². The highest BCUT2D eigenvalue weighted by Crippen LogP contribution is 2.28. The predicted molar refractivity (Wildman–Crippen MR) is 61.3 cm³/mol. The summed E-state index contributed by atoms with van der Waals surface area (Å²) in [4.78, 5) is 1.25. The maximum absolute atomic E-state index is 10.1. The van der Waals surface area contributed by atoms with E-state index < -0.39 is 5.60 Å². The molecule has 0 unspecified atom stereocenters. The van der Waals surface area contributed by atoms with E-state index in [-0.39, 0.29) is 0 Å². The number of halogens is 1. The molecule has 0 aliphatic rings. The van der Waals surface area contributed by atoms with Gasteiger partial charge in [0.15, 0.2) is 0 Å². The van der Waals surface area contributed by atoms with E-state index in [1.54, 1.807) is 11.3 Å². The van der Waals surface area contributed by atoms with Crippen molar-refractivity contribution in [3.05, 3.63) is 20.8 Å². The van der Waals surface area contributed by atoms with E-state index in [4.69, 9.17) is 0 Å². The van der Waals surface area contributed by atoms with Gasteiger partial charge in [0.2, 0.25) is 0 Å². The van der Waals surface area contributed by atoms with Crippen molar-refractivity contribution in [3.63, 3.8) is 0 Å². The van der Waals surface area contributed by atoms with Crippen LogP contribution in [0, 0.1) is 0 Å². The third-order valence-corrected chi connectivity index (χ3v) is 4.07. The largest absolute Gasteiger partial charge is 0.390 e. The van der Waals surface area contributed by atoms with Gasteiger partial charge in [0.05, 0.1) is 9.39 Å². The molecule has 1 heterocycles. The lowest BCUT2D eigenvalue weighted by atomic mass is 9.93. The number of hydrogen-bond donors (Lipinski definition) is 1. The zero-order chi connectivity index (χ0) is 9.90. The third-order valence-electron chi connectivity index (χ3n) is 2.45. The van der Waals surface area contributed by atoms with E-state index in [2.05, 4.69) is 22.0 Å². The summed E-state index contributed by atoms with van der Waals surface area (Å²) in [5.74, 6) is 0. The molecule has 74 valence electrons. The van der Waals surface area contributed by atoms with Gasteiger partial charge in [0.25, 0.3) is 0 Å². The van der Waals surface area contributed by atoms with Gasteiger partial charge in [-0.3, -0.25) is 0 Å².